The number of anilines is 1. The van der Waals surface area contributed by atoms with Crippen molar-refractivity contribution in [1.29, 1.82) is 0 Å². The quantitative estimate of drug-likeness (QED) is 0.778. The number of hydrogen-bond donors (Lipinski definition) is 2. The van der Waals surface area contributed by atoms with Crippen molar-refractivity contribution in [3.63, 3.8) is 0 Å². The van der Waals surface area contributed by atoms with Crippen molar-refractivity contribution in [2.75, 3.05) is 18.4 Å². The first-order chi connectivity index (χ1) is 13.7. The molecule has 2 N–H and O–H groups in total. The molecular formula is C21H23FN4O2. The molecule has 1 aliphatic carbocycles. The average Bonchev–Trinajstić information content (AvgIpc) is 3.17. The molecule has 1 saturated carbocycles. The van der Waals surface area contributed by atoms with Crippen molar-refractivity contribution < 1.29 is 14.0 Å². The summed E-state index contributed by atoms with van der Waals surface area (Å²) in [5.74, 6) is 0.408. The van der Waals surface area contributed by atoms with Gasteiger partial charge in [-0.25, -0.2) is 9.07 Å². The molecule has 1 aromatic carbocycles. The van der Waals surface area contributed by atoms with Crippen LogP contribution in [0.5, 0.6) is 0 Å². The number of nitrogens with one attached hydrogen (secondary N) is 2. The zero-order chi connectivity index (χ0) is 19.5. The van der Waals surface area contributed by atoms with Gasteiger partial charge in [0.05, 0.1) is 18.4 Å². The van der Waals surface area contributed by atoms with E-state index in [1.54, 1.807) is 18.3 Å². The molecule has 1 fully saturated rings. The lowest BCUT2D eigenvalue weighted by Gasteiger charge is -2.32. The number of benzene rings is 1. The Labute approximate surface area is 162 Å². The summed E-state index contributed by atoms with van der Waals surface area (Å²) >= 11 is 0. The molecule has 0 spiro atoms. The number of rotatable bonds is 5. The van der Waals surface area contributed by atoms with Gasteiger partial charge in [0.2, 0.25) is 0 Å². The smallest absolute Gasteiger partial charge is 0.257 e. The Kier molecular flexibility index (Phi) is 5.23. The number of aldehydes is 1. The first-order valence-electron chi connectivity index (χ1n) is 9.72. The van der Waals surface area contributed by atoms with E-state index >= 15 is 0 Å². The Morgan fingerprint density at radius 1 is 1.25 bits per heavy atom. The summed E-state index contributed by atoms with van der Waals surface area (Å²) in [6, 6.07) is 6.53. The summed E-state index contributed by atoms with van der Waals surface area (Å²) in [5.41, 5.74) is 3.56. The monoisotopic (exact) mass is 382 g/mol. The molecule has 0 unspecified atom stereocenters. The van der Waals surface area contributed by atoms with Crippen LogP contribution in [0.25, 0.3) is 11.3 Å². The molecular weight excluding hydrogens is 359 g/mol. The van der Waals surface area contributed by atoms with Gasteiger partial charge in [0, 0.05) is 18.0 Å². The number of halogens is 1. The maximum Gasteiger partial charge on any atom is 0.257 e. The Hall–Kier alpha value is -2.96. The highest BCUT2D eigenvalue weighted by Gasteiger charge is 2.31. The molecule has 2 aliphatic rings. The molecule has 4 rings (SSSR count). The molecule has 0 atom stereocenters. The predicted octanol–water partition coefficient (Wildman–Crippen LogP) is 3.33. The van der Waals surface area contributed by atoms with Crippen molar-refractivity contribution in [2.45, 2.75) is 32.1 Å². The van der Waals surface area contributed by atoms with Crippen molar-refractivity contribution in [3.05, 3.63) is 47.4 Å². The van der Waals surface area contributed by atoms with Gasteiger partial charge < -0.3 is 15.4 Å². The highest BCUT2D eigenvalue weighted by molar-refractivity contribution is 6.02. The number of carbonyl (C=O) groups is 2. The second-order valence-electron chi connectivity index (χ2n) is 7.25. The summed E-state index contributed by atoms with van der Waals surface area (Å²) in [5, 5.41) is 10.4. The van der Waals surface area contributed by atoms with Crippen LogP contribution in [0.3, 0.4) is 0 Å². The lowest BCUT2D eigenvalue weighted by atomic mass is 9.83. The number of aromatic nitrogens is 2. The minimum Gasteiger partial charge on any atom is -0.365 e. The van der Waals surface area contributed by atoms with E-state index < -0.39 is 0 Å². The van der Waals surface area contributed by atoms with E-state index in [1.807, 2.05) is 4.68 Å². The fraction of sp³-hybridized carbons (Fsp3) is 0.381. The highest BCUT2D eigenvalue weighted by atomic mass is 19.1. The largest absolute Gasteiger partial charge is 0.365 e. The molecule has 28 heavy (non-hydrogen) atoms. The third-order valence-electron chi connectivity index (χ3n) is 5.51. The topological polar surface area (TPSA) is 76.0 Å². The van der Waals surface area contributed by atoms with E-state index in [2.05, 4.69) is 15.7 Å². The Balaban J connectivity index is 1.78. The minimum absolute atomic E-state index is 0.0321. The highest BCUT2D eigenvalue weighted by Crippen LogP contribution is 2.41. The Bertz CT molecular complexity index is 911. The molecule has 0 saturated heterocycles. The molecule has 6 nitrogen and oxygen atoms in total. The number of amides is 1. The van der Waals surface area contributed by atoms with Crippen LogP contribution in [0.4, 0.5) is 10.2 Å². The van der Waals surface area contributed by atoms with Crippen molar-refractivity contribution in [2.24, 2.45) is 5.92 Å². The number of nitrogens with zero attached hydrogens (tertiary/aromatic N) is 2. The van der Waals surface area contributed by atoms with Crippen LogP contribution < -0.4 is 10.6 Å². The zero-order valence-electron chi connectivity index (χ0n) is 15.6. The summed E-state index contributed by atoms with van der Waals surface area (Å²) in [7, 11) is 0. The molecule has 0 radical (unpaired) electrons. The van der Waals surface area contributed by atoms with Crippen LogP contribution in [-0.4, -0.2) is 35.1 Å². The van der Waals surface area contributed by atoms with Crippen LogP contribution in [0, 0.1) is 11.7 Å². The summed E-state index contributed by atoms with van der Waals surface area (Å²) < 4.78 is 15.2. The van der Waals surface area contributed by atoms with Gasteiger partial charge in [-0.15, -0.1) is 0 Å². The minimum atomic E-state index is -0.325. The maximum absolute atomic E-state index is 13.4. The summed E-state index contributed by atoms with van der Waals surface area (Å²) in [4.78, 5) is 23.0. The van der Waals surface area contributed by atoms with E-state index in [1.165, 1.54) is 31.4 Å². The number of hydrogen-bond acceptors (Lipinski definition) is 4. The number of allylic oxidation sites excluding steroid dienone is 1. The van der Waals surface area contributed by atoms with E-state index in [4.69, 9.17) is 0 Å². The van der Waals surface area contributed by atoms with E-state index in [0.29, 0.717) is 30.1 Å². The van der Waals surface area contributed by atoms with Crippen LogP contribution in [0.2, 0.25) is 0 Å². The van der Waals surface area contributed by atoms with Crippen molar-refractivity contribution in [1.82, 2.24) is 15.1 Å². The Morgan fingerprint density at radius 2 is 2.00 bits per heavy atom. The van der Waals surface area contributed by atoms with E-state index in [9.17, 15) is 14.0 Å². The van der Waals surface area contributed by atoms with Gasteiger partial charge in [-0.05, 0) is 30.5 Å². The van der Waals surface area contributed by atoms with E-state index in [-0.39, 0.29) is 18.3 Å². The fourth-order valence-corrected chi connectivity index (χ4v) is 4.18. The lowest BCUT2D eigenvalue weighted by molar-refractivity contribution is -0.107. The number of carbonyl (C=O) groups excluding carboxylic acids is 2. The van der Waals surface area contributed by atoms with Crippen LogP contribution in [-0.2, 0) is 4.79 Å². The molecule has 2 aromatic rings. The third kappa shape index (κ3) is 3.44. The summed E-state index contributed by atoms with van der Waals surface area (Å²) in [6.07, 6.45) is 7.92. The standard InChI is InChI=1S/C21H23FN4O2/c22-16-8-6-14(7-9-16)17-12-24-20-18(21(28)23-10-11-27)13-25-26(20)19(17)15-4-2-1-3-5-15/h6-9,11,13,15,24H,1-5,10,12H2,(H,23,28). The summed E-state index contributed by atoms with van der Waals surface area (Å²) in [6.45, 7) is 0.507. The van der Waals surface area contributed by atoms with Crippen LogP contribution in [0.15, 0.2) is 30.5 Å². The fourth-order valence-electron chi connectivity index (χ4n) is 4.18. The molecule has 1 aromatic heterocycles. The molecule has 0 bridgehead atoms. The first-order valence-corrected chi connectivity index (χ1v) is 9.72. The second kappa shape index (κ2) is 7.96. The van der Waals surface area contributed by atoms with Crippen LogP contribution >= 0.6 is 0 Å². The third-order valence-corrected chi connectivity index (χ3v) is 5.51. The molecule has 2 heterocycles. The van der Waals surface area contributed by atoms with Gasteiger partial charge in [0.15, 0.2) is 0 Å². The molecule has 1 aliphatic heterocycles. The lowest BCUT2D eigenvalue weighted by Crippen LogP contribution is -2.28. The zero-order valence-corrected chi connectivity index (χ0v) is 15.6. The van der Waals surface area contributed by atoms with Crippen molar-refractivity contribution >= 4 is 29.3 Å². The van der Waals surface area contributed by atoms with Gasteiger partial charge in [-0.1, -0.05) is 31.4 Å². The van der Waals surface area contributed by atoms with Gasteiger partial charge in [0.25, 0.3) is 5.91 Å². The van der Waals surface area contributed by atoms with Gasteiger partial charge >= 0.3 is 0 Å². The molecule has 7 heteroatoms. The van der Waals surface area contributed by atoms with Gasteiger partial charge in [-0.3, -0.25) is 4.79 Å². The predicted molar refractivity (Wildman–Crippen MR) is 105 cm³/mol. The van der Waals surface area contributed by atoms with Crippen molar-refractivity contribution in [3.8, 4) is 0 Å². The first kappa shape index (κ1) is 18.4. The molecule has 146 valence electrons. The SMILES string of the molecule is O=CCNC(=O)c1cnn2c1NCC(c1ccc(F)cc1)=C2C1CCCCC1. The maximum atomic E-state index is 13.4. The second-order valence-corrected chi connectivity index (χ2v) is 7.25. The van der Waals surface area contributed by atoms with Crippen LogP contribution in [0.1, 0.15) is 48.0 Å². The van der Waals surface area contributed by atoms with Gasteiger partial charge in [-0.2, -0.15) is 5.10 Å². The number of fused-ring (bicyclic) bond motifs is 1. The Morgan fingerprint density at radius 3 is 2.71 bits per heavy atom. The average molecular weight is 382 g/mol. The van der Waals surface area contributed by atoms with E-state index in [0.717, 1.165) is 29.7 Å². The normalized spacial score (nSPS) is 17.0. The van der Waals surface area contributed by atoms with Gasteiger partial charge in [0.1, 0.15) is 23.5 Å². The molecule has 1 amide bonds.